The van der Waals surface area contributed by atoms with Crippen molar-refractivity contribution < 1.29 is 13.3 Å². The Hall–Kier alpha value is -0.910. The molecule has 1 aromatic carbocycles. The first-order valence-electron chi connectivity index (χ1n) is 8.93. The predicted octanol–water partition coefficient (Wildman–Crippen LogP) is 2.48. The topological polar surface area (TPSA) is 50.6 Å². The highest BCUT2D eigenvalue weighted by Gasteiger charge is 2.26. The Balaban J connectivity index is 3.48. The average Bonchev–Trinajstić information content (AvgIpc) is 2.44. The molecule has 1 rings (SSSR count). The van der Waals surface area contributed by atoms with E-state index >= 15 is 0 Å². The van der Waals surface area contributed by atoms with Crippen molar-refractivity contribution in [2.75, 3.05) is 27.2 Å². The van der Waals surface area contributed by atoms with Gasteiger partial charge in [-0.2, -0.15) is 0 Å². The van der Waals surface area contributed by atoms with Crippen molar-refractivity contribution >= 4 is 10.0 Å². The zero-order chi connectivity index (χ0) is 18.7. The van der Waals surface area contributed by atoms with Gasteiger partial charge >= 0.3 is 0 Å². The van der Waals surface area contributed by atoms with Crippen molar-refractivity contribution in [3.63, 3.8) is 0 Å². The minimum absolute atomic E-state index is 0.159. The van der Waals surface area contributed by atoms with Crippen LogP contribution in [0.2, 0.25) is 0 Å². The van der Waals surface area contributed by atoms with Crippen LogP contribution in [0.4, 0.5) is 0 Å². The molecular weight excluding hydrogens is 320 g/mol. The standard InChI is InChI=1S/C19H34N2O2S/c1-13(2)16-11-17(14(3)4)19(18(12-16)15(5)6)24(22,23)20-9-10-21(7)8/h11-15,20H,9-10H2,1-8H3/p+1. The third-order valence-electron chi connectivity index (χ3n) is 4.27. The monoisotopic (exact) mass is 355 g/mol. The maximum absolute atomic E-state index is 13.0. The van der Waals surface area contributed by atoms with E-state index in [0.29, 0.717) is 17.4 Å². The lowest BCUT2D eigenvalue weighted by Crippen LogP contribution is -3.06. The van der Waals surface area contributed by atoms with Crippen LogP contribution in [0.5, 0.6) is 0 Å². The molecule has 0 amide bonds. The van der Waals surface area contributed by atoms with Gasteiger partial charge < -0.3 is 4.90 Å². The number of hydrogen-bond acceptors (Lipinski definition) is 2. The lowest BCUT2D eigenvalue weighted by molar-refractivity contribution is -0.856. The summed E-state index contributed by atoms with van der Waals surface area (Å²) in [6, 6.07) is 4.15. The number of benzene rings is 1. The fourth-order valence-corrected chi connectivity index (χ4v) is 4.43. The Morgan fingerprint density at radius 3 is 1.71 bits per heavy atom. The van der Waals surface area contributed by atoms with Gasteiger partial charge in [-0.15, -0.1) is 0 Å². The molecule has 0 saturated heterocycles. The average molecular weight is 356 g/mol. The van der Waals surface area contributed by atoms with E-state index in [2.05, 4.69) is 58.4 Å². The quantitative estimate of drug-likeness (QED) is 0.753. The number of hydrogen-bond donors (Lipinski definition) is 2. The van der Waals surface area contributed by atoms with Crippen molar-refractivity contribution in [2.24, 2.45) is 0 Å². The van der Waals surface area contributed by atoms with Gasteiger partial charge in [0.15, 0.2) is 0 Å². The van der Waals surface area contributed by atoms with Crippen molar-refractivity contribution in [3.05, 3.63) is 28.8 Å². The first-order valence-corrected chi connectivity index (χ1v) is 10.4. The number of sulfonamides is 1. The Labute approximate surface area is 148 Å². The molecule has 0 aliphatic rings. The van der Waals surface area contributed by atoms with Crippen LogP contribution in [0.3, 0.4) is 0 Å². The van der Waals surface area contributed by atoms with E-state index < -0.39 is 10.0 Å². The summed E-state index contributed by atoms with van der Waals surface area (Å²) < 4.78 is 28.8. The normalized spacial score (nSPS) is 12.8. The fourth-order valence-electron chi connectivity index (χ4n) is 2.71. The maximum Gasteiger partial charge on any atom is 0.241 e. The summed E-state index contributed by atoms with van der Waals surface area (Å²) in [7, 11) is 0.524. The second-order valence-corrected chi connectivity index (χ2v) is 9.55. The van der Waals surface area contributed by atoms with E-state index in [0.717, 1.165) is 17.7 Å². The molecule has 0 unspecified atom stereocenters. The third-order valence-corrected chi connectivity index (χ3v) is 5.86. The molecule has 0 heterocycles. The van der Waals surface area contributed by atoms with Gasteiger partial charge in [-0.25, -0.2) is 13.1 Å². The van der Waals surface area contributed by atoms with Crippen LogP contribution in [0.15, 0.2) is 17.0 Å². The van der Waals surface area contributed by atoms with Gasteiger partial charge in [0.2, 0.25) is 10.0 Å². The molecule has 0 radical (unpaired) electrons. The number of quaternary nitrogens is 1. The number of likely N-dealkylation sites (N-methyl/N-ethyl adjacent to an activating group) is 1. The molecule has 24 heavy (non-hydrogen) atoms. The van der Waals surface area contributed by atoms with Gasteiger partial charge in [0.1, 0.15) is 0 Å². The Morgan fingerprint density at radius 1 is 0.917 bits per heavy atom. The smallest absolute Gasteiger partial charge is 0.241 e. The van der Waals surface area contributed by atoms with Crippen molar-refractivity contribution in [1.82, 2.24) is 4.72 Å². The lowest BCUT2D eigenvalue weighted by atomic mass is 9.89. The van der Waals surface area contributed by atoms with E-state index in [1.807, 2.05) is 14.1 Å². The zero-order valence-electron chi connectivity index (χ0n) is 16.5. The Kier molecular flexibility index (Phi) is 7.44. The molecular formula is C19H35N2O2S+. The fraction of sp³-hybridized carbons (Fsp3) is 0.684. The van der Waals surface area contributed by atoms with Crippen LogP contribution in [-0.2, 0) is 10.0 Å². The van der Waals surface area contributed by atoms with Crippen molar-refractivity contribution in [3.8, 4) is 0 Å². The van der Waals surface area contributed by atoms with Crippen LogP contribution in [0.25, 0.3) is 0 Å². The van der Waals surface area contributed by atoms with Gasteiger partial charge in [0.05, 0.1) is 32.1 Å². The maximum atomic E-state index is 13.0. The molecule has 0 atom stereocenters. The molecule has 0 fully saturated rings. The van der Waals surface area contributed by atoms with E-state index in [9.17, 15) is 8.42 Å². The second kappa shape index (κ2) is 8.45. The molecule has 1 aromatic rings. The number of rotatable bonds is 8. The molecule has 5 heteroatoms. The van der Waals surface area contributed by atoms with Gasteiger partial charge in [-0.1, -0.05) is 53.7 Å². The second-order valence-electron chi connectivity index (χ2n) is 7.85. The van der Waals surface area contributed by atoms with Gasteiger partial charge in [-0.05, 0) is 34.4 Å². The van der Waals surface area contributed by atoms with E-state index in [4.69, 9.17) is 0 Å². The molecule has 0 saturated carbocycles. The summed E-state index contributed by atoms with van der Waals surface area (Å²) in [6.45, 7) is 13.8. The molecule has 0 aromatic heterocycles. The Bertz CT molecular complexity index is 618. The molecule has 0 bridgehead atoms. The summed E-state index contributed by atoms with van der Waals surface area (Å²) in [4.78, 5) is 1.71. The van der Waals surface area contributed by atoms with Crippen LogP contribution in [0, 0.1) is 0 Å². The molecule has 0 aliphatic heterocycles. The minimum atomic E-state index is -3.51. The summed E-state index contributed by atoms with van der Waals surface area (Å²) in [5.74, 6) is 0.696. The van der Waals surface area contributed by atoms with E-state index in [1.54, 1.807) is 0 Å². The summed E-state index contributed by atoms with van der Waals surface area (Å²) in [5, 5.41) is 0. The summed E-state index contributed by atoms with van der Waals surface area (Å²) >= 11 is 0. The SMILES string of the molecule is CC(C)c1cc(C(C)C)c(S(=O)(=O)NCC[NH+](C)C)c(C(C)C)c1. The first kappa shape index (κ1) is 21.1. The lowest BCUT2D eigenvalue weighted by Gasteiger charge is -2.23. The van der Waals surface area contributed by atoms with Crippen LogP contribution >= 0.6 is 0 Å². The van der Waals surface area contributed by atoms with E-state index in [1.165, 1.54) is 10.5 Å². The predicted molar refractivity (Wildman–Crippen MR) is 102 cm³/mol. The molecule has 138 valence electrons. The highest BCUT2D eigenvalue weighted by atomic mass is 32.2. The largest absolute Gasteiger partial charge is 0.339 e. The molecule has 0 aliphatic carbocycles. The van der Waals surface area contributed by atoms with Crippen LogP contribution in [0.1, 0.15) is 76.0 Å². The highest BCUT2D eigenvalue weighted by molar-refractivity contribution is 7.89. The highest BCUT2D eigenvalue weighted by Crippen LogP contribution is 2.34. The first-order chi connectivity index (χ1) is 11.0. The number of nitrogens with one attached hydrogen (secondary N) is 2. The van der Waals surface area contributed by atoms with E-state index in [-0.39, 0.29) is 11.8 Å². The van der Waals surface area contributed by atoms with Gasteiger partial charge in [0.25, 0.3) is 0 Å². The van der Waals surface area contributed by atoms with Gasteiger partial charge in [-0.3, -0.25) is 0 Å². The minimum Gasteiger partial charge on any atom is -0.339 e. The zero-order valence-corrected chi connectivity index (χ0v) is 17.3. The third kappa shape index (κ3) is 5.30. The molecule has 4 nitrogen and oxygen atoms in total. The van der Waals surface area contributed by atoms with Crippen LogP contribution in [-0.4, -0.2) is 35.6 Å². The summed E-state index contributed by atoms with van der Waals surface area (Å²) in [6.07, 6.45) is 0. The van der Waals surface area contributed by atoms with Gasteiger partial charge in [0, 0.05) is 0 Å². The Morgan fingerprint density at radius 2 is 1.38 bits per heavy atom. The molecule has 0 spiro atoms. The van der Waals surface area contributed by atoms with Crippen molar-refractivity contribution in [1.29, 1.82) is 0 Å². The van der Waals surface area contributed by atoms with Crippen LogP contribution < -0.4 is 9.62 Å². The van der Waals surface area contributed by atoms with Crippen molar-refractivity contribution in [2.45, 2.75) is 64.2 Å². The molecule has 2 N–H and O–H groups in total. The summed E-state index contributed by atoms with van der Waals surface area (Å²) in [5.41, 5.74) is 3.06.